The van der Waals surface area contributed by atoms with Crippen LogP contribution in [0.5, 0.6) is 5.75 Å². The summed E-state index contributed by atoms with van der Waals surface area (Å²) in [6.07, 6.45) is -0.965. The van der Waals surface area contributed by atoms with E-state index in [1.165, 1.54) is 13.0 Å². The maximum absolute atomic E-state index is 14.3. The number of rotatable bonds is 7. The van der Waals surface area contributed by atoms with Crippen LogP contribution < -0.4 is 4.74 Å². The van der Waals surface area contributed by atoms with Crippen molar-refractivity contribution >= 4 is 0 Å². The van der Waals surface area contributed by atoms with Gasteiger partial charge >= 0.3 is 6.11 Å². The lowest BCUT2D eigenvalue weighted by Crippen LogP contribution is -2.33. The lowest BCUT2D eigenvalue weighted by molar-refractivity contribution is -0.273. The van der Waals surface area contributed by atoms with Gasteiger partial charge in [0.1, 0.15) is 0 Å². The summed E-state index contributed by atoms with van der Waals surface area (Å²) in [5.41, 5.74) is 0.327. The molecule has 1 aromatic carbocycles. The molecule has 1 aliphatic carbocycles. The predicted molar refractivity (Wildman–Crippen MR) is 101 cm³/mol. The van der Waals surface area contributed by atoms with E-state index in [0.29, 0.717) is 37.2 Å². The van der Waals surface area contributed by atoms with Crippen molar-refractivity contribution in [1.29, 1.82) is 0 Å². The molecular formula is C22H30F4O3. The normalized spacial score (nSPS) is 26.0. The van der Waals surface area contributed by atoms with E-state index in [4.69, 9.17) is 9.47 Å². The molecule has 7 heteroatoms. The smallest absolute Gasteiger partial charge is 0.356 e. The summed E-state index contributed by atoms with van der Waals surface area (Å²) in [7, 11) is 0. The minimum Gasteiger partial charge on any atom is -0.487 e. The van der Waals surface area contributed by atoms with E-state index in [-0.39, 0.29) is 17.7 Å². The van der Waals surface area contributed by atoms with Crippen molar-refractivity contribution in [3.05, 3.63) is 28.8 Å². The van der Waals surface area contributed by atoms with Gasteiger partial charge in [-0.25, -0.2) is 4.39 Å². The second kappa shape index (κ2) is 9.21. The first kappa shape index (κ1) is 22.3. The Kier molecular flexibility index (Phi) is 7.10. The number of halogens is 4. The first-order valence-electron chi connectivity index (χ1n) is 10.6. The number of aliphatic hydroxyl groups excluding tert-OH is 1. The van der Waals surface area contributed by atoms with Crippen LogP contribution in [0.2, 0.25) is 0 Å². The Balaban J connectivity index is 1.55. The Bertz CT molecular complexity index is 700. The number of alkyl halides is 2. The molecular weight excluding hydrogens is 388 g/mol. The van der Waals surface area contributed by atoms with Crippen LogP contribution in [0.25, 0.3) is 0 Å². The van der Waals surface area contributed by atoms with Crippen LogP contribution in [0.15, 0.2) is 6.07 Å². The topological polar surface area (TPSA) is 38.7 Å². The van der Waals surface area contributed by atoms with Crippen molar-refractivity contribution in [2.24, 2.45) is 5.92 Å². The standard InChI is InChI=1S/C22H30F4O3/c1-3-14-4-7-17(8-5-14)29-22(25,26)11-10-16-9-6-15-12-18(13(2)27)19(23)20(24)21(15)28-16/h12-14,16-17,27H,3-11H2,1-2H3. The van der Waals surface area contributed by atoms with Crippen LogP contribution in [0.3, 0.4) is 0 Å². The molecule has 2 atom stereocenters. The zero-order chi connectivity index (χ0) is 21.2. The van der Waals surface area contributed by atoms with Gasteiger partial charge in [-0.05, 0) is 69.4 Å². The third-order valence-electron chi connectivity index (χ3n) is 6.20. The average molecular weight is 418 g/mol. The molecule has 2 unspecified atom stereocenters. The molecule has 1 N–H and O–H groups in total. The van der Waals surface area contributed by atoms with Crippen molar-refractivity contribution in [2.75, 3.05) is 0 Å². The highest BCUT2D eigenvalue weighted by atomic mass is 19.3. The van der Waals surface area contributed by atoms with Crippen molar-refractivity contribution in [3.8, 4) is 5.75 Å². The fraction of sp³-hybridized carbons (Fsp3) is 0.727. The number of aliphatic hydroxyl groups is 1. The molecule has 3 rings (SSSR count). The van der Waals surface area contributed by atoms with Crippen molar-refractivity contribution in [2.45, 2.75) is 96.1 Å². The predicted octanol–water partition coefficient (Wildman–Crippen LogP) is 6.07. The zero-order valence-corrected chi connectivity index (χ0v) is 17.0. The fourth-order valence-corrected chi connectivity index (χ4v) is 4.34. The minimum atomic E-state index is -3.26. The van der Waals surface area contributed by atoms with Crippen LogP contribution in [0, 0.1) is 17.6 Å². The Labute approximate surface area is 169 Å². The van der Waals surface area contributed by atoms with Gasteiger partial charge in [0.15, 0.2) is 11.6 Å². The molecule has 1 heterocycles. The fourth-order valence-electron chi connectivity index (χ4n) is 4.34. The zero-order valence-electron chi connectivity index (χ0n) is 17.0. The van der Waals surface area contributed by atoms with Crippen molar-refractivity contribution in [3.63, 3.8) is 0 Å². The molecule has 2 aliphatic rings. The van der Waals surface area contributed by atoms with E-state index >= 15 is 0 Å². The third kappa shape index (κ3) is 5.43. The highest BCUT2D eigenvalue weighted by molar-refractivity contribution is 5.42. The van der Waals surface area contributed by atoms with Gasteiger partial charge in [0.05, 0.1) is 18.3 Å². The lowest BCUT2D eigenvalue weighted by atomic mass is 9.86. The summed E-state index contributed by atoms with van der Waals surface area (Å²) >= 11 is 0. The van der Waals surface area contributed by atoms with Gasteiger partial charge in [0, 0.05) is 12.0 Å². The number of fused-ring (bicyclic) bond motifs is 1. The van der Waals surface area contributed by atoms with E-state index < -0.39 is 42.5 Å². The number of aryl methyl sites for hydroxylation is 1. The van der Waals surface area contributed by atoms with Crippen LogP contribution in [0.4, 0.5) is 17.6 Å². The van der Waals surface area contributed by atoms with Gasteiger partial charge in [0.25, 0.3) is 0 Å². The maximum atomic E-state index is 14.3. The second-order valence-electron chi connectivity index (χ2n) is 8.38. The molecule has 1 aliphatic heterocycles. The summed E-state index contributed by atoms with van der Waals surface area (Å²) in [5, 5.41) is 9.57. The SMILES string of the molecule is CCC1CCC(OC(F)(F)CCC2CCc3cc(C(C)O)c(F)c(F)c3O2)CC1. The molecule has 0 spiro atoms. The van der Waals surface area contributed by atoms with Gasteiger partial charge in [-0.2, -0.15) is 13.2 Å². The molecule has 0 amide bonds. The monoisotopic (exact) mass is 418 g/mol. The molecule has 0 bridgehead atoms. The van der Waals surface area contributed by atoms with E-state index in [1.54, 1.807) is 0 Å². The highest BCUT2D eigenvalue weighted by Gasteiger charge is 2.37. The average Bonchev–Trinajstić information content (AvgIpc) is 2.69. The number of hydrogen-bond acceptors (Lipinski definition) is 3. The molecule has 164 valence electrons. The summed E-state index contributed by atoms with van der Waals surface area (Å²) in [6.45, 7) is 3.47. The largest absolute Gasteiger partial charge is 0.487 e. The van der Waals surface area contributed by atoms with Crippen LogP contribution >= 0.6 is 0 Å². The lowest BCUT2D eigenvalue weighted by Gasteiger charge is -2.32. The summed E-state index contributed by atoms with van der Waals surface area (Å²) in [5.74, 6) is -1.95. The molecule has 0 radical (unpaired) electrons. The second-order valence-corrected chi connectivity index (χ2v) is 8.38. The number of hydrogen-bond donors (Lipinski definition) is 1. The van der Waals surface area contributed by atoms with Gasteiger partial charge < -0.3 is 14.6 Å². The molecule has 1 fully saturated rings. The highest BCUT2D eigenvalue weighted by Crippen LogP contribution is 2.38. The summed E-state index contributed by atoms with van der Waals surface area (Å²) in [4.78, 5) is 0. The van der Waals surface area contributed by atoms with Crippen LogP contribution in [0.1, 0.15) is 82.4 Å². The third-order valence-corrected chi connectivity index (χ3v) is 6.20. The van der Waals surface area contributed by atoms with Gasteiger partial charge in [-0.3, -0.25) is 0 Å². The van der Waals surface area contributed by atoms with Gasteiger partial charge in [-0.1, -0.05) is 13.3 Å². The summed E-state index contributed by atoms with van der Waals surface area (Å²) < 4.78 is 67.6. The molecule has 1 saturated carbocycles. The Morgan fingerprint density at radius 1 is 1.17 bits per heavy atom. The van der Waals surface area contributed by atoms with Crippen LogP contribution in [-0.2, 0) is 11.2 Å². The number of ether oxygens (including phenoxy) is 2. The molecule has 0 aromatic heterocycles. The minimum absolute atomic E-state index is 0.00401. The van der Waals surface area contributed by atoms with E-state index in [1.807, 2.05) is 0 Å². The maximum Gasteiger partial charge on any atom is 0.356 e. The Hall–Kier alpha value is -1.34. The Morgan fingerprint density at radius 3 is 2.48 bits per heavy atom. The molecule has 1 aromatic rings. The van der Waals surface area contributed by atoms with E-state index in [0.717, 1.165) is 19.3 Å². The quantitative estimate of drug-likeness (QED) is 0.546. The molecule has 29 heavy (non-hydrogen) atoms. The van der Waals surface area contributed by atoms with Gasteiger partial charge in [0.2, 0.25) is 5.82 Å². The summed E-state index contributed by atoms with van der Waals surface area (Å²) in [6, 6.07) is 1.39. The molecule has 0 saturated heterocycles. The van der Waals surface area contributed by atoms with E-state index in [9.17, 15) is 22.7 Å². The molecule has 3 nitrogen and oxygen atoms in total. The van der Waals surface area contributed by atoms with Gasteiger partial charge in [-0.15, -0.1) is 0 Å². The van der Waals surface area contributed by atoms with Crippen LogP contribution in [-0.4, -0.2) is 23.4 Å². The first-order valence-corrected chi connectivity index (χ1v) is 10.6. The Morgan fingerprint density at radius 2 is 1.86 bits per heavy atom. The van der Waals surface area contributed by atoms with Crippen molar-refractivity contribution < 1.29 is 32.1 Å². The van der Waals surface area contributed by atoms with Crippen molar-refractivity contribution in [1.82, 2.24) is 0 Å². The first-order chi connectivity index (χ1) is 13.7. The number of benzene rings is 1. The van der Waals surface area contributed by atoms with E-state index in [2.05, 4.69) is 6.92 Å².